The van der Waals surface area contributed by atoms with Gasteiger partial charge in [0.05, 0.1) is 16.0 Å². The van der Waals surface area contributed by atoms with Crippen molar-refractivity contribution in [2.75, 3.05) is 23.0 Å². The third-order valence-corrected chi connectivity index (χ3v) is 13.9. The summed E-state index contributed by atoms with van der Waals surface area (Å²) >= 11 is 1.85. The minimum absolute atomic E-state index is 0.00800. The molecule has 4 aliphatic rings. The minimum Gasteiger partial charge on any atom is -0.364 e. The Balaban J connectivity index is 1.26. The van der Waals surface area contributed by atoms with Crippen LogP contribution in [0.3, 0.4) is 0 Å². The maximum absolute atomic E-state index is 11.0. The van der Waals surface area contributed by atoms with Crippen molar-refractivity contribution < 1.29 is 20.1 Å². The van der Waals surface area contributed by atoms with Crippen molar-refractivity contribution in [2.45, 2.75) is 96.4 Å². The fourth-order valence-corrected chi connectivity index (χ4v) is 10.6. The summed E-state index contributed by atoms with van der Waals surface area (Å²) in [7, 11) is 0. The van der Waals surface area contributed by atoms with E-state index in [4.69, 9.17) is 4.74 Å². The second-order valence-corrected chi connectivity index (χ2v) is 18.4. The van der Waals surface area contributed by atoms with Gasteiger partial charge >= 0.3 is 0 Å². The lowest BCUT2D eigenvalue weighted by Crippen LogP contribution is -2.33. The quantitative estimate of drug-likeness (QED) is 0.0394. The molecule has 2 heterocycles. The van der Waals surface area contributed by atoms with Gasteiger partial charge in [0.1, 0.15) is 0 Å². The zero-order chi connectivity index (χ0) is 46.5. The van der Waals surface area contributed by atoms with Crippen LogP contribution in [0.15, 0.2) is 203 Å². The topological polar surface area (TPSA) is 79.6 Å². The first-order chi connectivity index (χ1) is 32.9. The van der Waals surface area contributed by atoms with Crippen molar-refractivity contribution in [2.24, 2.45) is 0 Å². The van der Waals surface area contributed by atoms with E-state index in [9.17, 15) is 15.3 Å². The SMILES string of the molecule is CCC=C/C(=C\C=C\N(C1=CC2=C(CC=C1)N(CCCCCC)C1=CC2SC(N(c2ccc(C(O)O)cc2)c2cccc3ccccc23)=C1)c1cccc2c1CC=CC/C=C\C2)C(O)OCC. The van der Waals surface area contributed by atoms with E-state index >= 15 is 0 Å². The number of unbranched alkanes of at least 4 members (excludes halogenated alkanes) is 3. The molecule has 0 radical (unpaired) electrons. The number of hydrogen-bond donors (Lipinski definition) is 3. The number of thioether (sulfide) groups is 1. The highest BCUT2D eigenvalue weighted by atomic mass is 32.2. The monoisotopic (exact) mass is 911 g/mol. The van der Waals surface area contributed by atoms with Crippen LogP contribution in [-0.2, 0) is 17.6 Å². The number of aliphatic hydroxyl groups excluding tert-OH is 2. The Morgan fingerprint density at radius 3 is 2.42 bits per heavy atom. The minimum atomic E-state index is -1.55. The van der Waals surface area contributed by atoms with Gasteiger partial charge in [0.2, 0.25) is 0 Å². The third-order valence-electron chi connectivity index (χ3n) is 12.7. The Labute approximate surface area is 402 Å². The van der Waals surface area contributed by atoms with Gasteiger partial charge in [-0.15, -0.1) is 0 Å². The summed E-state index contributed by atoms with van der Waals surface area (Å²) in [5.41, 5.74) is 11.7. The van der Waals surface area contributed by atoms with Crippen LogP contribution in [0.25, 0.3) is 10.8 Å². The summed E-state index contributed by atoms with van der Waals surface area (Å²) in [5, 5.41) is 34.5. The molecule has 4 aromatic carbocycles. The molecule has 0 saturated heterocycles. The zero-order valence-electron chi connectivity index (χ0n) is 39.2. The second-order valence-electron chi connectivity index (χ2n) is 17.2. The molecule has 0 aromatic heterocycles. The van der Waals surface area contributed by atoms with Gasteiger partial charge in [0.15, 0.2) is 12.6 Å². The molecule has 2 unspecified atom stereocenters. The van der Waals surface area contributed by atoms with E-state index < -0.39 is 12.6 Å². The largest absolute Gasteiger partial charge is 0.364 e. The first-order valence-electron chi connectivity index (χ1n) is 24.2. The van der Waals surface area contributed by atoms with Crippen molar-refractivity contribution >= 4 is 39.6 Å². The molecule has 4 aromatic rings. The Morgan fingerprint density at radius 2 is 1.61 bits per heavy atom. The van der Waals surface area contributed by atoms with Crippen molar-refractivity contribution in [3.63, 3.8) is 0 Å². The molecule has 0 spiro atoms. The predicted molar refractivity (Wildman–Crippen MR) is 280 cm³/mol. The molecule has 2 atom stereocenters. The molecule has 8 heteroatoms. The standard InChI is InChI=1S/C59H65N3O4S/c1-4-7-9-17-38-61-49-41-56(67-57(42-49)62(47-36-34-45(35-37-47)58(63)64)55-33-19-26-44-24-15-16-30-51(44)55)52-40-48(28-20-32-54(52)61)60(39-21-27-46(22-8-5-2)59(65)66-6-3)53-31-18-25-43-23-13-11-10-12-14-29-50(43)53/h8,11-16,18-22,24-28,30-31,33-37,39-42,56,58-59,63-65H,4-7,9-10,17,23,29,32,38H2,1-3H3/b13-11-,14-12?,22-8?,39-21+,46-27+. The van der Waals surface area contributed by atoms with Crippen LogP contribution in [0.2, 0.25) is 0 Å². The molecular weight excluding hydrogens is 847 g/mol. The van der Waals surface area contributed by atoms with Gasteiger partial charge in [-0.05, 0) is 116 Å². The third kappa shape index (κ3) is 11.3. The molecule has 346 valence electrons. The number of nitrogens with zero attached hydrogens (tertiary/aromatic N) is 3. The number of benzene rings is 4. The van der Waals surface area contributed by atoms with Crippen LogP contribution in [-0.4, -0.2) is 44.9 Å². The first kappa shape index (κ1) is 47.6. The average molecular weight is 912 g/mol. The van der Waals surface area contributed by atoms with E-state index in [1.807, 2.05) is 55.1 Å². The van der Waals surface area contributed by atoms with Gasteiger partial charge in [-0.1, -0.05) is 154 Å². The molecule has 2 aliphatic heterocycles. The zero-order valence-corrected chi connectivity index (χ0v) is 40.0. The van der Waals surface area contributed by atoms with E-state index in [2.05, 4.69) is 150 Å². The van der Waals surface area contributed by atoms with Crippen LogP contribution >= 0.6 is 11.8 Å². The summed E-state index contributed by atoms with van der Waals surface area (Å²) in [4.78, 5) is 7.25. The number of ether oxygens (including phenoxy) is 1. The summed E-state index contributed by atoms with van der Waals surface area (Å²) in [6, 6.07) is 29.2. The Kier molecular flexibility index (Phi) is 16.5. The van der Waals surface area contributed by atoms with Crippen molar-refractivity contribution in [1.82, 2.24) is 4.90 Å². The van der Waals surface area contributed by atoms with E-state index in [1.165, 1.54) is 47.4 Å². The highest BCUT2D eigenvalue weighted by Gasteiger charge is 2.35. The van der Waals surface area contributed by atoms with Crippen molar-refractivity contribution in [1.29, 1.82) is 0 Å². The van der Waals surface area contributed by atoms with Crippen LogP contribution < -0.4 is 9.80 Å². The van der Waals surface area contributed by atoms with Crippen LogP contribution in [0.1, 0.15) is 88.7 Å². The molecule has 3 N–H and O–H groups in total. The summed E-state index contributed by atoms with van der Waals surface area (Å²) < 4.78 is 5.66. The molecule has 0 saturated carbocycles. The summed E-state index contributed by atoms with van der Waals surface area (Å²) in [6.45, 7) is 7.57. The van der Waals surface area contributed by atoms with Crippen LogP contribution in [0, 0.1) is 0 Å². The molecule has 2 bridgehead atoms. The molecular formula is C59H65N3O4S. The smallest absolute Gasteiger partial charge is 0.181 e. The second kappa shape index (κ2) is 23.2. The maximum atomic E-state index is 11.0. The number of anilines is 3. The normalized spacial score (nSPS) is 18.3. The first-order valence-corrected chi connectivity index (χ1v) is 25.0. The Bertz CT molecular complexity index is 2670. The Hall–Kier alpha value is -5.87. The molecule has 8 rings (SSSR count). The van der Waals surface area contributed by atoms with Gasteiger partial charge in [-0.2, -0.15) is 0 Å². The van der Waals surface area contributed by atoms with E-state index in [1.54, 1.807) is 12.1 Å². The van der Waals surface area contributed by atoms with Gasteiger partial charge < -0.3 is 34.8 Å². The lowest BCUT2D eigenvalue weighted by molar-refractivity contribution is -0.0646. The van der Waals surface area contributed by atoms with Gasteiger partial charge in [0, 0.05) is 70.8 Å². The maximum Gasteiger partial charge on any atom is 0.181 e. The summed E-state index contributed by atoms with van der Waals surface area (Å²) in [5.74, 6) is 0. The lowest BCUT2D eigenvalue weighted by Gasteiger charge is -2.41. The molecule has 0 fully saturated rings. The Morgan fingerprint density at radius 1 is 0.821 bits per heavy atom. The number of allylic oxidation sites excluding steroid dienone is 11. The average Bonchev–Trinajstić information content (AvgIpc) is 3.48. The number of fused-ring (bicyclic) bond motifs is 4. The highest BCUT2D eigenvalue weighted by Crippen LogP contribution is 2.49. The molecule has 7 nitrogen and oxygen atoms in total. The van der Waals surface area contributed by atoms with Crippen LogP contribution in [0.5, 0.6) is 0 Å². The summed E-state index contributed by atoms with van der Waals surface area (Å²) in [6.07, 6.45) is 37.4. The predicted octanol–water partition coefficient (Wildman–Crippen LogP) is 13.7. The fraction of sp³-hybridized carbons (Fsp3) is 0.288. The van der Waals surface area contributed by atoms with E-state index in [0.717, 1.165) is 83.6 Å². The molecule has 0 amide bonds. The molecule has 2 aliphatic carbocycles. The van der Waals surface area contributed by atoms with Crippen LogP contribution in [0.4, 0.5) is 17.1 Å². The van der Waals surface area contributed by atoms with Gasteiger partial charge in [-0.25, -0.2) is 0 Å². The lowest BCUT2D eigenvalue weighted by atomic mass is 9.97. The molecule has 67 heavy (non-hydrogen) atoms. The number of aliphatic hydroxyl groups is 3. The van der Waals surface area contributed by atoms with Crippen molar-refractivity contribution in [3.05, 3.63) is 220 Å². The van der Waals surface area contributed by atoms with Gasteiger partial charge in [0.25, 0.3) is 0 Å². The number of rotatable bonds is 18. The van der Waals surface area contributed by atoms with Gasteiger partial charge in [-0.3, -0.25) is 0 Å². The van der Waals surface area contributed by atoms with E-state index in [0.29, 0.717) is 17.7 Å². The fourth-order valence-electron chi connectivity index (χ4n) is 9.26. The van der Waals surface area contributed by atoms with Crippen molar-refractivity contribution in [3.8, 4) is 0 Å². The highest BCUT2D eigenvalue weighted by molar-refractivity contribution is 8.04. The number of hydrogen-bond acceptors (Lipinski definition) is 8. The van der Waals surface area contributed by atoms with E-state index in [-0.39, 0.29) is 5.25 Å².